The summed E-state index contributed by atoms with van der Waals surface area (Å²) in [4.78, 5) is 13.9. The van der Waals surface area contributed by atoms with Crippen LogP contribution in [0.25, 0.3) is 0 Å². The number of hydrogen-bond acceptors (Lipinski definition) is 2. The lowest BCUT2D eigenvalue weighted by atomic mass is 9.97. The summed E-state index contributed by atoms with van der Waals surface area (Å²) in [6.45, 7) is 1.98. The molecule has 2 fully saturated rings. The highest BCUT2D eigenvalue weighted by Crippen LogP contribution is 2.41. The van der Waals surface area contributed by atoms with Crippen LogP contribution < -0.4 is 0 Å². The SMILES string of the molecule is Cc1cnn(C2CC3CCC(C2)N3C(=O)CCC(F)(F)F)c1. The number of carbonyl (C=O) groups excluding carboxylic acids is 1. The third-order valence-electron chi connectivity index (χ3n) is 4.72. The van der Waals surface area contributed by atoms with E-state index in [1.165, 1.54) is 0 Å². The first kappa shape index (κ1) is 15.4. The van der Waals surface area contributed by atoms with Gasteiger partial charge in [0, 0.05) is 24.7 Å². The summed E-state index contributed by atoms with van der Waals surface area (Å²) in [6, 6.07) is 0.376. The fourth-order valence-corrected chi connectivity index (χ4v) is 3.78. The number of rotatable bonds is 3. The second-order valence-corrected chi connectivity index (χ2v) is 6.42. The van der Waals surface area contributed by atoms with E-state index >= 15 is 0 Å². The van der Waals surface area contributed by atoms with Gasteiger partial charge in [-0.15, -0.1) is 0 Å². The zero-order valence-corrected chi connectivity index (χ0v) is 12.5. The molecule has 0 saturated carbocycles. The standard InChI is InChI=1S/C15H20F3N3O/c1-10-8-19-20(9-10)13-6-11-2-3-12(7-13)21(11)14(22)4-5-15(16,17)18/h8-9,11-13H,2-7H2,1H3. The van der Waals surface area contributed by atoms with Gasteiger partial charge in [0.1, 0.15) is 0 Å². The maximum Gasteiger partial charge on any atom is 0.389 e. The van der Waals surface area contributed by atoms with Crippen molar-refractivity contribution in [3.63, 3.8) is 0 Å². The van der Waals surface area contributed by atoms with Crippen molar-refractivity contribution < 1.29 is 18.0 Å². The van der Waals surface area contributed by atoms with Crippen LogP contribution in [-0.2, 0) is 4.79 Å². The molecule has 2 saturated heterocycles. The number of nitrogens with zero attached hydrogens (tertiary/aromatic N) is 3. The molecular weight excluding hydrogens is 295 g/mol. The lowest BCUT2D eigenvalue weighted by Crippen LogP contribution is -2.47. The summed E-state index contributed by atoms with van der Waals surface area (Å²) in [5.41, 5.74) is 1.09. The Hall–Kier alpha value is -1.53. The number of aryl methyl sites for hydroxylation is 1. The van der Waals surface area contributed by atoms with E-state index < -0.39 is 19.0 Å². The topological polar surface area (TPSA) is 38.1 Å². The van der Waals surface area contributed by atoms with Crippen LogP contribution in [0.5, 0.6) is 0 Å². The lowest BCUT2D eigenvalue weighted by molar-refractivity contribution is -0.152. The zero-order chi connectivity index (χ0) is 15.9. The molecule has 0 aromatic carbocycles. The zero-order valence-electron chi connectivity index (χ0n) is 12.5. The summed E-state index contributed by atoms with van der Waals surface area (Å²) in [6.07, 6.45) is 1.43. The molecule has 0 spiro atoms. The smallest absolute Gasteiger partial charge is 0.337 e. The van der Waals surface area contributed by atoms with Gasteiger partial charge in [0.15, 0.2) is 0 Å². The van der Waals surface area contributed by atoms with Crippen LogP contribution in [0.3, 0.4) is 0 Å². The normalized spacial score (nSPS) is 28.2. The highest BCUT2D eigenvalue weighted by molar-refractivity contribution is 5.77. The molecule has 0 N–H and O–H groups in total. The van der Waals surface area contributed by atoms with E-state index in [1.54, 1.807) is 4.90 Å². The second-order valence-electron chi connectivity index (χ2n) is 6.42. The number of aromatic nitrogens is 2. The molecule has 2 unspecified atom stereocenters. The highest BCUT2D eigenvalue weighted by Gasteiger charge is 2.44. The van der Waals surface area contributed by atoms with E-state index in [0.717, 1.165) is 31.2 Å². The Balaban J connectivity index is 1.64. The number of hydrogen-bond donors (Lipinski definition) is 0. The third-order valence-corrected chi connectivity index (χ3v) is 4.72. The van der Waals surface area contributed by atoms with E-state index in [0.29, 0.717) is 0 Å². The van der Waals surface area contributed by atoms with Gasteiger partial charge >= 0.3 is 6.18 Å². The van der Waals surface area contributed by atoms with Crippen molar-refractivity contribution in [1.29, 1.82) is 0 Å². The number of fused-ring (bicyclic) bond motifs is 2. The first-order valence-electron chi connectivity index (χ1n) is 7.72. The summed E-state index contributed by atoms with van der Waals surface area (Å²) in [5, 5.41) is 4.34. The van der Waals surface area contributed by atoms with Crippen molar-refractivity contribution in [1.82, 2.24) is 14.7 Å². The van der Waals surface area contributed by atoms with Crippen LogP contribution >= 0.6 is 0 Å². The van der Waals surface area contributed by atoms with Crippen LogP contribution in [0.1, 0.15) is 50.1 Å². The molecule has 7 heteroatoms. The van der Waals surface area contributed by atoms with Gasteiger partial charge in [-0.05, 0) is 38.2 Å². The maximum atomic E-state index is 12.3. The maximum absolute atomic E-state index is 12.3. The number of amides is 1. The Bertz CT molecular complexity index is 540. The van der Waals surface area contributed by atoms with Gasteiger partial charge in [0.05, 0.1) is 18.7 Å². The van der Waals surface area contributed by atoms with Gasteiger partial charge in [0.25, 0.3) is 0 Å². The van der Waals surface area contributed by atoms with E-state index in [-0.39, 0.29) is 24.0 Å². The van der Waals surface area contributed by atoms with E-state index in [9.17, 15) is 18.0 Å². The van der Waals surface area contributed by atoms with Gasteiger partial charge in [-0.1, -0.05) is 0 Å². The first-order chi connectivity index (χ1) is 10.3. The molecule has 2 aliphatic heterocycles. The molecule has 1 aromatic rings. The van der Waals surface area contributed by atoms with Crippen molar-refractivity contribution >= 4 is 5.91 Å². The van der Waals surface area contributed by atoms with Crippen LogP contribution in [0.2, 0.25) is 0 Å². The Morgan fingerprint density at radius 1 is 1.27 bits per heavy atom. The van der Waals surface area contributed by atoms with Gasteiger partial charge < -0.3 is 4.90 Å². The molecule has 1 aromatic heterocycles. The number of halogens is 3. The molecule has 22 heavy (non-hydrogen) atoms. The molecule has 0 radical (unpaired) electrons. The molecule has 122 valence electrons. The monoisotopic (exact) mass is 315 g/mol. The minimum atomic E-state index is -4.26. The summed E-state index contributed by atoms with van der Waals surface area (Å²) in [7, 11) is 0. The average molecular weight is 315 g/mol. The Morgan fingerprint density at radius 3 is 2.41 bits per heavy atom. The Labute approximate surface area is 127 Å². The Morgan fingerprint density at radius 2 is 1.91 bits per heavy atom. The van der Waals surface area contributed by atoms with Gasteiger partial charge in [-0.25, -0.2) is 0 Å². The van der Waals surface area contributed by atoms with Crippen LogP contribution in [0, 0.1) is 6.92 Å². The molecular formula is C15H20F3N3O. The van der Waals surface area contributed by atoms with E-state index in [4.69, 9.17) is 0 Å². The Kier molecular flexibility index (Phi) is 3.91. The van der Waals surface area contributed by atoms with E-state index in [1.807, 2.05) is 24.0 Å². The largest absolute Gasteiger partial charge is 0.389 e. The van der Waals surface area contributed by atoms with Gasteiger partial charge in [0.2, 0.25) is 5.91 Å². The molecule has 3 heterocycles. The summed E-state index contributed by atoms with van der Waals surface area (Å²) < 4.78 is 38.8. The predicted octanol–water partition coefficient (Wildman–Crippen LogP) is 3.23. The van der Waals surface area contributed by atoms with Crippen molar-refractivity contribution in [3.8, 4) is 0 Å². The molecule has 2 bridgehead atoms. The number of carbonyl (C=O) groups is 1. The number of piperidine rings is 1. The lowest BCUT2D eigenvalue weighted by Gasteiger charge is -2.39. The molecule has 2 atom stereocenters. The molecule has 0 aliphatic carbocycles. The molecule has 1 amide bonds. The number of alkyl halides is 3. The second kappa shape index (κ2) is 5.59. The third kappa shape index (κ3) is 3.13. The minimum absolute atomic E-state index is 0.0639. The molecule has 4 nitrogen and oxygen atoms in total. The van der Waals surface area contributed by atoms with Gasteiger partial charge in [-0.3, -0.25) is 9.48 Å². The predicted molar refractivity (Wildman–Crippen MR) is 74.2 cm³/mol. The van der Waals surface area contributed by atoms with Crippen molar-refractivity contribution in [2.75, 3.05) is 0 Å². The van der Waals surface area contributed by atoms with Crippen LogP contribution in [-0.4, -0.2) is 38.8 Å². The van der Waals surface area contributed by atoms with Gasteiger partial charge in [-0.2, -0.15) is 18.3 Å². The molecule has 2 aliphatic rings. The fraction of sp³-hybridized carbons (Fsp3) is 0.733. The summed E-state index contributed by atoms with van der Waals surface area (Å²) in [5.74, 6) is -0.347. The molecule has 3 rings (SSSR count). The first-order valence-corrected chi connectivity index (χ1v) is 7.72. The van der Waals surface area contributed by atoms with Crippen LogP contribution in [0.15, 0.2) is 12.4 Å². The average Bonchev–Trinajstić information content (AvgIpc) is 2.97. The van der Waals surface area contributed by atoms with Crippen molar-refractivity contribution in [2.45, 2.75) is 69.8 Å². The van der Waals surface area contributed by atoms with Crippen molar-refractivity contribution in [2.24, 2.45) is 0 Å². The minimum Gasteiger partial charge on any atom is -0.337 e. The quantitative estimate of drug-likeness (QED) is 0.859. The summed E-state index contributed by atoms with van der Waals surface area (Å²) >= 11 is 0. The van der Waals surface area contributed by atoms with Crippen molar-refractivity contribution in [3.05, 3.63) is 18.0 Å². The van der Waals surface area contributed by atoms with E-state index in [2.05, 4.69) is 5.10 Å². The van der Waals surface area contributed by atoms with Crippen LogP contribution in [0.4, 0.5) is 13.2 Å². The fourth-order valence-electron chi connectivity index (χ4n) is 3.78. The highest BCUT2D eigenvalue weighted by atomic mass is 19.4.